The summed E-state index contributed by atoms with van der Waals surface area (Å²) in [4.78, 5) is 30.6. The molecule has 2 fully saturated rings. The molecule has 2 spiro atoms. The van der Waals surface area contributed by atoms with Gasteiger partial charge in [-0.15, -0.1) is 0 Å². The number of hydrogen-bond donors (Lipinski definition) is 9. The SMILES string of the molecule is O=C1c2cccc3c2C(=O)[C@@]2(C(O)=CC(Cc4cccc(CO)c4)=C[C@H]12)[C@H](CCCO)SSCNC1=CC(=CCN1)C1(CCCC1)C[C@]1(O)[C@H](O)[C@@H](CO)O[C@@H](O3)[C@@H]1O. The Balaban J connectivity index is 1.27. The summed E-state index contributed by atoms with van der Waals surface area (Å²) in [6.45, 7) is -0.563. The minimum Gasteiger partial charge on any atom is -0.511 e. The average Bonchev–Trinajstić information content (AvgIpc) is 3.72. The van der Waals surface area contributed by atoms with Crippen LogP contribution in [0.5, 0.6) is 5.75 Å². The van der Waals surface area contributed by atoms with Gasteiger partial charge in [0, 0.05) is 24.0 Å². The predicted octanol–water partition coefficient (Wildman–Crippen LogP) is 3.74. The number of aliphatic hydroxyl groups is 7. The van der Waals surface area contributed by atoms with Crippen LogP contribution in [0.4, 0.5) is 0 Å². The Labute approximate surface area is 350 Å². The summed E-state index contributed by atoms with van der Waals surface area (Å²) in [7, 11) is 2.77. The first-order chi connectivity index (χ1) is 28.5. The molecule has 6 bridgehead atoms. The van der Waals surface area contributed by atoms with Crippen LogP contribution in [0.15, 0.2) is 89.5 Å². The van der Waals surface area contributed by atoms with Gasteiger partial charge in [0.25, 0.3) is 0 Å². The third-order valence-corrected chi connectivity index (χ3v) is 15.8. The van der Waals surface area contributed by atoms with Crippen LogP contribution in [0.2, 0.25) is 0 Å². The average molecular weight is 849 g/mol. The molecule has 0 aromatic heterocycles. The van der Waals surface area contributed by atoms with Crippen molar-refractivity contribution in [1.29, 1.82) is 0 Å². The molecule has 59 heavy (non-hydrogen) atoms. The molecule has 3 aliphatic carbocycles. The number of allylic oxidation sites excluding steroid dienone is 6. The number of fused-ring (bicyclic) bond motifs is 4. The third-order valence-electron chi connectivity index (χ3n) is 13.1. The maximum Gasteiger partial charge on any atom is 0.229 e. The number of rotatable bonds is 7. The minimum atomic E-state index is -2.23. The predicted molar refractivity (Wildman–Crippen MR) is 222 cm³/mol. The molecule has 8 rings (SSSR count). The molecule has 1 saturated carbocycles. The minimum absolute atomic E-state index is 0.0392. The van der Waals surface area contributed by atoms with Gasteiger partial charge in [-0.3, -0.25) is 9.59 Å². The molecule has 2 aromatic carbocycles. The van der Waals surface area contributed by atoms with E-state index in [1.54, 1.807) is 18.2 Å². The first-order valence-electron chi connectivity index (χ1n) is 20.3. The van der Waals surface area contributed by atoms with Crippen molar-refractivity contribution in [2.45, 2.75) is 93.4 Å². The zero-order valence-electron chi connectivity index (χ0n) is 32.6. The quantitative estimate of drug-likeness (QED) is 0.182. The van der Waals surface area contributed by atoms with Gasteiger partial charge in [0.05, 0.1) is 36.4 Å². The number of aliphatic hydroxyl groups excluding tert-OH is 6. The molecule has 1 saturated heterocycles. The monoisotopic (exact) mass is 848 g/mol. The van der Waals surface area contributed by atoms with Crippen molar-refractivity contribution >= 4 is 33.2 Å². The van der Waals surface area contributed by atoms with Gasteiger partial charge < -0.3 is 55.9 Å². The number of carbonyl (C=O) groups is 2. The van der Waals surface area contributed by atoms with Crippen LogP contribution in [0.3, 0.4) is 0 Å². The number of ether oxygens (including phenoxy) is 2. The molecule has 8 atom stereocenters. The second kappa shape index (κ2) is 17.0. The molecule has 6 aliphatic rings. The van der Waals surface area contributed by atoms with Crippen molar-refractivity contribution in [2.75, 3.05) is 25.6 Å². The van der Waals surface area contributed by atoms with Crippen LogP contribution in [0.1, 0.15) is 76.8 Å². The molecular weight excluding hydrogens is 797 g/mol. The fourth-order valence-corrected chi connectivity index (χ4v) is 13.0. The summed E-state index contributed by atoms with van der Waals surface area (Å²) in [5.41, 5.74) is -1.70. The number of dihydropyridines is 1. The molecule has 13 nitrogen and oxygen atoms in total. The first kappa shape index (κ1) is 42.1. The van der Waals surface area contributed by atoms with Crippen LogP contribution >= 0.6 is 21.6 Å². The molecule has 9 N–H and O–H groups in total. The van der Waals surface area contributed by atoms with Gasteiger partial charge >= 0.3 is 0 Å². The van der Waals surface area contributed by atoms with E-state index in [0.717, 1.165) is 29.8 Å². The van der Waals surface area contributed by atoms with E-state index < -0.39 is 70.4 Å². The van der Waals surface area contributed by atoms with Gasteiger partial charge in [0.1, 0.15) is 40.8 Å². The number of benzene rings is 2. The molecule has 0 unspecified atom stereocenters. The summed E-state index contributed by atoms with van der Waals surface area (Å²) >= 11 is 0. The van der Waals surface area contributed by atoms with Crippen molar-refractivity contribution in [3.05, 3.63) is 112 Å². The molecule has 0 amide bonds. The Kier molecular flexibility index (Phi) is 12.1. The van der Waals surface area contributed by atoms with Crippen molar-refractivity contribution in [3.8, 4) is 5.75 Å². The summed E-state index contributed by atoms with van der Waals surface area (Å²) < 4.78 is 12.3. The van der Waals surface area contributed by atoms with Crippen LogP contribution in [0, 0.1) is 16.7 Å². The second-order valence-corrected chi connectivity index (χ2v) is 19.1. The molecule has 15 heteroatoms. The normalized spacial score (nSPS) is 32.8. The van der Waals surface area contributed by atoms with Gasteiger partial charge in [-0.05, 0) is 84.4 Å². The first-order valence-corrected chi connectivity index (χ1v) is 22.7. The van der Waals surface area contributed by atoms with Gasteiger partial charge in [-0.1, -0.05) is 83.0 Å². The summed E-state index contributed by atoms with van der Waals surface area (Å²) in [5, 5.41) is 84.9. The Hall–Kier alpha value is -3.64. The Morgan fingerprint density at radius 3 is 2.49 bits per heavy atom. The lowest BCUT2D eigenvalue weighted by Gasteiger charge is -2.51. The van der Waals surface area contributed by atoms with Crippen molar-refractivity contribution in [1.82, 2.24) is 10.6 Å². The number of carbonyl (C=O) groups excluding carboxylic acids is 2. The highest BCUT2D eigenvalue weighted by molar-refractivity contribution is 8.76. The van der Waals surface area contributed by atoms with Crippen molar-refractivity contribution in [2.24, 2.45) is 16.7 Å². The van der Waals surface area contributed by atoms with Crippen LogP contribution in [-0.4, -0.2) is 108 Å². The number of Topliss-reactive ketones (excluding diaryl/α,β-unsaturated/α-hetero) is 2. The van der Waals surface area contributed by atoms with E-state index in [4.69, 9.17) is 9.47 Å². The highest BCUT2D eigenvalue weighted by atomic mass is 33.1. The maximum absolute atomic E-state index is 15.6. The van der Waals surface area contributed by atoms with E-state index in [0.29, 0.717) is 42.8 Å². The number of nitrogens with one attached hydrogen (secondary N) is 2. The van der Waals surface area contributed by atoms with Gasteiger partial charge in [0.15, 0.2) is 11.6 Å². The molecule has 0 radical (unpaired) electrons. The smallest absolute Gasteiger partial charge is 0.229 e. The Morgan fingerprint density at radius 2 is 1.73 bits per heavy atom. The topological polar surface area (TPSA) is 218 Å². The lowest BCUT2D eigenvalue weighted by Crippen LogP contribution is -2.69. The Morgan fingerprint density at radius 1 is 0.949 bits per heavy atom. The zero-order valence-corrected chi connectivity index (χ0v) is 34.2. The van der Waals surface area contributed by atoms with Crippen LogP contribution < -0.4 is 15.4 Å². The fraction of sp³-hybridized carbons (Fsp3) is 0.500. The third kappa shape index (κ3) is 7.35. The maximum atomic E-state index is 15.6. The van der Waals surface area contributed by atoms with E-state index in [2.05, 4.69) is 16.7 Å². The van der Waals surface area contributed by atoms with Crippen molar-refractivity contribution in [3.63, 3.8) is 0 Å². The van der Waals surface area contributed by atoms with Crippen molar-refractivity contribution < 1.29 is 54.8 Å². The van der Waals surface area contributed by atoms with E-state index >= 15 is 4.79 Å². The summed E-state index contributed by atoms with van der Waals surface area (Å²) in [5.74, 6) is -1.55. The summed E-state index contributed by atoms with van der Waals surface area (Å²) in [6, 6.07) is 11.9. The molecule has 316 valence electrons. The molecule has 3 heterocycles. The fourth-order valence-electron chi connectivity index (χ4n) is 10.2. The zero-order chi connectivity index (χ0) is 41.5. The summed E-state index contributed by atoms with van der Waals surface area (Å²) in [6.07, 6.45) is 4.58. The lowest BCUT2D eigenvalue weighted by molar-refractivity contribution is -0.319. The van der Waals surface area contributed by atoms with Gasteiger partial charge in [-0.25, -0.2) is 0 Å². The second-order valence-electron chi connectivity index (χ2n) is 16.5. The number of ketones is 2. The van der Waals surface area contributed by atoms with E-state index in [1.807, 2.05) is 24.3 Å². The Bertz CT molecular complexity index is 2080. The van der Waals surface area contributed by atoms with Gasteiger partial charge in [-0.2, -0.15) is 0 Å². The van der Waals surface area contributed by atoms with E-state index in [-0.39, 0.29) is 55.1 Å². The number of hydrogen-bond acceptors (Lipinski definition) is 15. The van der Waals surface area contributed by atoms with Crippen LogP contribution in [0.25, 0.3) is 0 Å². The highest BCUT2D eigenvalue weighted by Crippen LogP contribution is 2.58. The lowest BCUT2D eigenvalue weighted by atomic mass is 9.57. The highest BCUT2D eigenvalue weighted by Gasteiger charge is 2.63. The molecule has 2 aromatic rings. The van der Waals surface area contributed by atoms with E-state index in [1.165, 1.54) is 39.8 Å². The van der Waals surface area contributed by atoms with E-state index in [9.17, 15) is 40.5 Å². The largest absolute Gasteiger partial charge is 0.511 e. The molecular formula is C44H52N2O11S2. The van der Waals surface area contributed by atoms with Crippen LogP contribution in [-0.2, 0) is 17.8 Å². The molecule has 3 aliphatic heterocycles. The standard InChI is InChI=1S/C44H52N2O11S2/c47-15-5-10-34-44-30(18-27(19-33(44)50)17-25-6-3-7-26(16-25)21-48)37(51)29-8-4-9-31(36(29)39(44)53)56-41-40(54)43(55,38(52)32(22-49)57-41)23-42(12-1-2-13-42)28-11-14-45-35(20-28)46-24-58-59-34/h3-4,6-9,11,16,18-20,30,32,34,38,40-41,45-50,52,54-55H,1-2,5,10,12-15,17,21-24H2/t30-,32-,34+,38-,40+,41-,43+,44+/m1/s1. The van der Waals surface area contributed by atoms with Gasteiger partial charge in [0.2, 0.25) is 6.29 Å².